The van der Waals surface area contributed by atoms with Crippen LogP contribution in [0.4, 0.5) is 10.1 Å². The number of halogens is 2. The first-order valence-electron chi connectivity index (χ1n) is 9.19. The minimum atomic E-state index is -0.419. The van der Waals surface area contributed by atoms with Crippen molar-refractivity contribution in [1.29, 1.82) is 0 Å². The van der Waals surface area contributed by atoms with Crippen LogP contribution in [0.5, 0.6) is 5.75 Å². The Bertz CT molecular complexity index is 1130. The molecule has 0 saturated carbocycles. The van der Waals surface area contributed by atoms with E-state index in [1.54, 1.807) is 6.07 Å². The lowest BCUT2D eigenvalue weighted by Crippen LogP contribution is -2.28. The minimum absolute atomic E-state index is 0. The molecule has 2 N–H and O–H groups in total. The third-order valence-electron chi connectivity index (χ3n) is 4.84. The van der Waals surface area contributed by atoms with Crippen LogP contribution >= 0.6 is 12.4 Å². The van der Waals surface area contributed by atoms with Crippen LogP contribution in [0.2, 0.25) is 0 Å². The van der Waals surface area contributed by atoms with E-state index in [1.165, 1.54) is 10.9 Å². The molecule has 0 amide bonds. The van der Waals surface area contributed by atoms with E-state index in [-0.39, 0.29) is 31.1 Å². The summed E-state index contributed by atoms with van der Waals surface area (Å²) in [7, 11) is 2.03. The highest BCUT2D eigenvalue weighted by molar-refractivity contribution is 5.85. The van der Waals surface area contributed by atoms with Crippen molar-refractivity contribution >= 4 is 18.1 Å². The van der Waals surface area contributed by atoms with E-state index in [4.69, 9.17) is 10.5 Å². The highest BCUT2D eigenvalue weighted by Gasteiger charge is 2.16. The monoisotopic (exact) mass is 432 g/mol. The molecule has 0 unspecified atom stereocenters. The topological polar surface area (TPSA) is 91.2 Å². The highest BCUT2D eigenvalue weighted by Crippen LogP contribution is 2.34. The number of fused-ring (bicyclic) bond motifs is 1. The van der Waals surface area contributed by atoms with Gasteiger partial charge in [-0.25, -0.2) is 23.4 Å². The fourth-order valence-corrected chi connectivity index (χ4v) is 3.17. The molecule has 4 rings (SSSR count). The second-order valence-electron chi connectivity index (χ2n) is 6.75. The number of nitrogens with zero attached hydrogens (tertiary/aromatic N) is 5. The van der Waals surface area contributed by atoms with E-state index < -0.39 is 5.69 Å². The van der Waals surface area contributed by atoms with E-state index in [0.29, 0.717) is 24.4 Å². The number of likely N-dealkylation sites (N-methyl/N-ethyl adjacent to an activating group) is 1. The maximum Gasteiger partial charge on any atom is 0.351 e. The first-order chi connectivity index (χ1) is 14.1. The number of hydrogen-bond donors (Lipinski definition) is 1. The molecular weight excluding hydrogens is 411 g/mol. The van der Waals surface area contributed by atoms with Gasteiger partial charge < -0.3 is 15.4 Å². The van der Waals surface area contributed by atoms with E-state index in [2.05, 4.69) is 15.0 Å². The standard InChI is InChI=1S/C20H21FN6O2.ClH/c1-25-7-8-29-18-9-15(5-6-17(18)25)16-3-2-4-19(24-16)26-13-23-27(20(26)28)12-14(10-21)11-22;/h2-6,9-10,13H,7-8,11-12,22H2,1H3;1H/b14-10+;. The van der Waals surface area contributed by atoms with Gasteiger partial charge in [-0.3, -0.25) is 0 Å². The van der Waals surface area contributed by atoms with Crippen molar-refractivity contribution in [3.8, 4) is 22.8 Å². The van der Waals surface area contributed by atoms with Crippen LogP contribution in [0.1, 0.15) is 0 Å². The SMILES string of the molecule is CN1CCOc2cc(-c3cccc(-n4cnn(C/C(=C/F)CN)c4=O)n3)ccc21.Cl. The van der Waals surface area contributed by atoms with Crippen molar-refractivity contribution in [1.82, 2.24) is 19.3 Å². The molecule has 1 aromatic carbocycles. The Morgan fingerprint density at radius 1 is 1.33 bits per heavy atom. The molecule has 0 spiro atoms. The van der Waals surface area contributed by atoms with Crippen LogP contribution < -0.4 is 21.1 Å². The first kappa shape index (κ1) is 21.5. The molecule has 3 heterocycles. The van der Waals surface area contributed by atoms with Crippen LogP contribution in [0, 0.1) is 0 Å². The van der Waals surface area contributed by atoms with Crippen molar-refractivity contribution in [2.45, 2.75) is 6.54 Å². The van der Waals surface area contributed by atoms with Gasteiger partial charge >= 0.3 is 5.69 Å². The van der Waals surface area contributed by atoms with E-state index in [1.807, 2.05) is 37.4 Å². The zero-order chi connectivity index (χ0) is 20.4. The first-order valence-corrected chi connectivity index (χ1v) is 9.19. The summed E-state index contributed by atoms with van der Waals surface area (Å²) >= 11 is 0. The Morgan fingerprint density at radius 2 is 2.17 bits per heavy atom. The summed E-state index contributed by atoms with van der Waals surface area (Å²) in [6.07, 6.45) is 1.77. The van der Waals surface area contributed by atoms with Gasteiger partial charge in [-0.2, -0.15) is 5.10 Å². The van der Waals surface area contributed by atoms with E-state index in [9.17, 15) is 9.18 Å². The van der Waals surface area contributed by atoms with Gasteiger partial charge in [-0.1, -0.05) is 12.1 Å². The van der Waals surface area contributed by atoms with Crippen molar-refractivity contribution in [3.63, 3.8) is 0 Å². The average molecular weight is 433 g/mol. The average Bonchev–Trinajstić information content (AvgIpc) is 3.12. The quantitative estimate of drug-likeness (QED) is 0.664. The molecule has 0 bridgehead atoms. The van der Waals surface area contributed by atoms with Crippen molar-refractivity contribution in [2.24, 2.45) is 5.73 Å². The van der Waals surface area contributed by atoms with Gasteiger partial charge in [0.2, 0.25) is 0 Å². The Balaban J connectivity index is 0.00000256. The summed E-state index contributed by atoms with van der Waals surface area (Å²) in [6.45, 7) is 1.48. The van der Waals surface area contributed by atoms with Gasteiger partial charge in [0.15, 0.2) is 0 Å². The molecule has 2 aromatic heterocycles. The third kappa shape index (κ3) is 4.07. The number of rotatable bonds is 5. The number of aromatic nitrogens is 4. The van der Waals surface area contributed by atoms with Gasteiger partial charge in [0.1, 0.15) is 24.5 Å². The minimum Gasteiger partial charge on any atom is -0.490 e. The smallest absolute Gasteiger partial charge is 0.351 e. The van der Waals surface area contributed by atoms with Gasteiger partial charge in [0.25, 0.3) is 0 Å². The molecule has 0 atom stereocenters. The Labute approximate surface area is 178 Å². The summed E-state index contributed by atoms with van der Waals surface area (Å²) in [5.74, 6) is 1.23. The molecule has 1 aliphatic heterocycles. The second-order valence-corrected chi connectivity index (χ2v) is 6.75. The van der Waals surface area contributed by atoms with Gasteiger partial charge in [0.05, 0.1) is 30.8 Å². The van der Waals surface area contributed by atoms with Crippen molar-refractivity contribution < 1.29 is 9.13 Å². The van der Waals surface area contributed by atoms with Crippen LogP contribution in [0.3, 0.4) is 0 Å². The zero-order valence-electron chi connectivity index (χ0n) is 16.4. The molecule has 10 heteroatoms. The van der Waals surface area contributed by atoms with Crippen LogP contribution in [0.15, 0.2) is 59.4 Å². The van der Waals surface area contributed by atoms with Crippen molar-refractivity contribution in [3.05, 3.63) is 65.1 Å². The molecule has 8 nitrogen and oxygen atoms in total. The predicted octanol–water partition coefficient (Wildman–Crippen LogP) is 2.16. The Morgan fingerprint density at radius 3 is 2.93 bits per heavy atom. The second kappa shape index (κ2) is 9.10. The lowest BCUT2D eigenvalue weighted by molar-refractivity contribution is 0.311. The number of benzene rings is 1. The zero-order valence-corrected chi connectivity index (χ0v) is 17.2. The number of ether oxygens (including phenoxy) is 1. The fourth-order valence-electron chi connectivity index (χ4n) is 3.17. The summed E-state index contributed by atoms with van der Waals surface area (Å²) < 4.78 is 21.0. The third-order valence-corrected chi connectivity index (χ3v) is 4.84. The number of nitrogens with two attached hydrogens (primary N) is 1. The molecule has 1 aliphatic rings. The molecule has 158 valence electrons. The maximum atomic E-state index is 12.8. The molecule has 30 heavy (non-hydrogen) atoms. The number of hydrogen-bond acceptors (Lipinski definition) is 6. The van der Waals surface area contributed by atoms with Crippen molar-refractivity contribution in [2.75, 3.05) is 31.6 Å². The van der Waals surface area contributed by atoms with Gasteiger partial charge in [0, 0.05) is 19.2 Å². The molecule has 0 radical (unpaired) electrons. The fraction of sp³-hybridized carbons (Fsp3) is 0.250. The van der Waals surface area contributed by atoms with E-state index in [0.717, 1.165) is 28.2 Å². The van der Waals surface area contributed by atoms with Crippen LogP contribution in [-0.4, -0.2) is 46.1 Å². The Kier molecular flexibility index (Phi) is 6.53. The predicted molar refractivity (Wildman–Crippen MR) is 115 cm³/mol. The highest BCUT2D eigenvalue weighted by atomic mass is 35.5. The van der Waals surface area contributed by atoms with Gasteiger partial charge in [-0.05, 0) is 29.8 Å². The number of anilines is 1. The summed E-state index contributed by atoms with van der Waals surface area (Å²) in [5.41, 5.74) is 7.93. The lowest BCUT2D eigenvalue weighted by atomic mass is 10.1. The van der Waals surface area contributed by atoms with Crippen LogP contribution in [0.25, 0.3) is 17.1 Å². The molecule has 0 saturated heterocycles. The summed E-state index contributed by atoms with van der Waals surface area (Å²) in [5, 5.41) is 4.03. The number of pyridine rings is 1. The normalized spacial score (nSPS) is 13.4. The summed E-state index contributed by atoms with van der Waals surface area (Å²) in [6, 6.07) is 11.3. The maximum absolute atomic E-state index is 12.8. The molecule has 3 aromatic rings. The van der Waals surface area contributed by atoms with E-state index >= 15 is 0 Å². The lowest BCUT2D eigenvalue weighted by Gasteiger charge is -2.27. The molecule has 0 aliphatic carbocycles. The van der Waals surface area contributed by atoms with Gasteiger partial charge in [-0.15, -0.1) is 12.4 Å². The Hall–Kier alpha value is -3.17. The molecular formula is C20H22ClFN6O2. The summed E-state index contributed by atoms with van der Waals surface area (Å²) in [4.78, 5) is 19.4. The largest absolute Gasteiger partial charge is 0.490 e. The molecule has 0 fully saturated rings. The van der Waals surface area contributed by atoms with Crippen LogP contribution in [-0.2, 0) is 6.54 Å².